The van der Waals surface area contributed by atoms with E-state index in [1.54, 1.807) is 0 Å². The van der Waals surface area contributed by atoms with Gasteiger partial charge in [0.05, 0.1) is 0 Å². The zero-order valence-electron chi connectivity index (χ0n) is 17.3. The topological polar surface area (TPSA) is 34.1 Å². The summed E-state index contributed by atoms with van der Waals surface area (Å²) in [4.78, 5) is 24.8. The highest BCUT2D eigenvalue weighted by molar-refractivity contribution is 6.11. The van der Waals surface area contributed by atoms with Crippen LogP contribution < -0.4 is 0 Å². The van der Waals surface area contributed by atoms with Crippen molar-refractivity contribution in [2.45, 2.75) is 55.4 Å². The SMILES string of the molecule is CC1=CC(=CC=C2C=C(C)C(=O)C(C(C)(C)C)=C2)C=C(C(C)(C)C)C1=O. The number of carbonyl (C=O) groups is 2. The van der Waals surface area contributed by atoms with Crippen LogP contribution in [0, 0.1) is 10.8 Å². The molecule has 0 saturated carbocycles. The lowest BCUT2D eigenvalue weighted by molar-refractivity contribution is -0.113. The van der Waals surface area contributed by atoms with Gasteiger partial charge in [-0.2, -0.15) is 0 Å². The number of carbonyl (C=O) groups excluding carboxylic acids is 2. The van der Waals surface area contributed by atoms with Crippen molar-refractivity contribution < 1.29 is 9.59 Å². The summed E-state index contributed by atoms with van der Waals surface area (Å²) in [5.41, 5.74) is 4.83. The van der Waals surface area contributed by atoms with Crippen LogP contribution in [0.2, 0.25) is 0 Å². The van der Waals surface area contributed by atoms with E-state index >= 15 is 0 Å². The van der Waals surface area contributed by atoms with Crippen molar-refractivity contribution in [2.75, 3.05) is 0 Å². The lowest BCUT2D eigenvalue weighted by Gasteiger charge is -2.25. The van der Waals surface area contributed by atoms with E-state index in [9.17, 15) is 9.59 Å². The molecule has 2 aliphatic carbocycles. The third-order valence-electron chi connectivity index (χ3n) is 4.68. The molecule has 0 atom stereocenters. The minimum absolute atomic E-state index is 0.122. The fourth-order valence-corrected chi connectivity index (χ4v) is 3.10. The molecule has 0 bridgehead atoms. The zero-order valence-corrected chi connectivity index (χ0v) is 17.3. The van der Waals surface area contributed by atoms with Crippen LogP contribution in [0.4, 0.5) is 0 Å². The zero-order chi connectivity index (χ0) is 19.9. The van der Waals surface area contributed by atoms with Crippen molar-refractivity contribution in [1.29, 1.82) is 0 Å². The molecule has 0 unspecified atom stereocenters. The van der Waals surface area contributed by atoms with E-state index in [1.807, 2.05) is 50.3 Å². The van der Waals surface area contributed by atoms with Crippen molar-refractivity contribution in [2.24, 2.45) is 10.8 Å². The van der Waals surface area contributed by atoms with Crippen molar-refractivity contribution >= 4 is 11.6 Å². The fraction of sp³-hybridized carbons (Fsp3) is 0.417. The molecule has 2 aliphatic rings. The summed E-state index contributed by atoms with van der Waals surface area (Å²) in [6.45, 7) is 16.1. The standard InChI is InChI=1S/C24H30O2/c1-15-11-17(13-19(21(15)25)23(3,4)5)9-10-18-12-16(2)22(26)20(14-18)24(6,7)8/h9-14H,1-8H3. The molecule has 0 aromatic carbocycles. The van der Waals surface area contributed by atoms with Crippen molar-refractivity contribution in [3.63, 3.8) is 0 Å². The molecule has 138 valence electrons. The first-order valence-electron chi connectivity index (χ1n) is 9.13. The van der Waals surface area contributed by atoms with Crippen LogP contribution in [0.3, 0.4) is 0 Å². The van der Waals surface area contributed by atoms with Gasteiger partial charge in [-0.3, -0.25) is 9.59 Å². The Bertz CT molecular complexity index is 764. The monoisotopic (exact) mass is 350 g/mol. The Morgan fingerprint density at radius 1 is 0.615 bits per heavy atom. The minimum atomic E-state index is -0.189. The number of hydrogen-bond acceptors (Lipinski definition) is 2. The molecule has 0 heterocycles. The average molecular weight is 351 g/mol. The average Bonchev–Trinajstić information content (AvgIpc) is 2.49. The molecule has 0 spiro atoms. The second-order valence-corrected chi connectivity index (χ2v) is 9.26. The fourth-order valence-electron chi connectivity index (χ4n) is 3.10. The van der Waals surface area contributed by atoms with E-state index in [2.05, 4.69) is 41.5 Å². The Morgan fingerprint density at radius 2 is 0.923 bits per heavy atom. The summed E-state index contributed by atoms with van der Waals surface area (Å²) < 4.78 is 0. The molecule has 0 aromatic heterocycles. The number of allylic oxidation sites excluding steroid dienone is 12. The molecular weight excluding hydrogens is 320 g/mol. The van der Waals surface area contributed by atoms with Gasteiger partial charge in [0.1, 0.15) is 0 Å². The number of rotatable bonds is 1. The smallest absolute Gasteiger partial charge is 0.185 e. The third kappa shape index (κ3) is 4.30. The first-order chi connectivity index (χ1) is 11.8. The molecule has 0 aromatic rings. The number of hydrogen-bond donors (Lipinski definition) is 0. The van der Waals surface area contributed by atoms with Gasteiger partial charge in [-0.05, 0) is 71.3 Å². The maximum atomic E-state index is 12.4. The molecule has 0 N–H and O–H groups in total. The molecule has 0 aliphatic heterocycles. The minimum Gasteiger partial charge on any atom is -0.289 e. The van der Waals surface area contributed by atoms with Crippen molar-refractivity contribution in [3.8, 4) is 0 Å². The first kappa shape index (κ1) is 20.1. The lowest BCUT2D eigenvalue weighted by Crippen LogP contribution is -2.21. The summed E-state index contributed by atoms with van der Waals surface area (Å²) in [7, 11) is 0. The van der Waals surface area contributed by atoms with Crippen LogP contribution in [0.15, 0.2) is 69.9 Å². The summed E-state index contributed by atoms with van der Waals surface area (Å²) in [5, 5.41) is 0. The van der Waals surface area contributed by atoms with E-state index in [-0.39, 0.29) is 22.4 Å². The maximum absolute atomic E-state index is 12.4. The van der Waals surface area contributed by atoms with Crippen LogP contribution in [0.5, 0.6) is 0 Å². The van der Waals surface area contributed by atoms with E-state index in [0.717, 1.165) is 33.4 Å². The molecule has 2 heteroatoms. The molecule has 2 rings (SSSR count). The highest BCUT2D eigenvalue weighted by Crippen LogP contribution is 2.34. The van der Waals surface area contributed by atoms with E-state index in [4.69, 9.17) is 0 Å². The molecule has 0 radical (unpaired) electrons. The van der Waals surface area contributed by atoms with Gasteiger partial charge in [-0.25, -0.2) is 0 Å². The van der Waals surface area contributed by atoms with Gasteiger partial charge in [0, 0.05) is 11.1 Å². The summed E-state index contributed by atoms with van der Waals surface area (Å²) in [5.74, 6) is 0.243. The van der Waals surface area contributed by atoms with Crippen LogP contribution in [0.25, 0.3) is 0 Å². The van der Waals surface area contributed by atoms with Gasteiger partial charge in [0.25, 0.3) is 0 Å². The van der Waals surface area contributed by atoms with Crippen LogP contribution in [-0.2, 0) is 9.59 Å². The van der Waals surface area contributed by atoms with Crippen LogP contribution in [-0.4, -0.2) is 11.6 Å². The molecule has 0 saturated heterocycles. The predicted molar refractivity (Wildman–Crippen MR) is 109 cm³/mol. The molecule has 2 nitrogen and oxygen atoms in total. The van der Waals surface area contributed by atoms with E-state index in [1.165, 1.54) is 0 Å². The first-order valence-corrected chi connectivity index (χ1v) is 9.13. The van der Waals surface area contributed by atoms with Gasteiger partial charge < -0.3 is 0 Å². The third-order valence-corrected chi connectivity index (χ3v) is 4.68. The highest BCUT2D eigenvalue weighted by Gasteiger charge is 2.28. The quantitative estimate of drug-likeness (QED) is 0.595. The van der Waals surface area contributed by atoms with Crippen LogP contribution in [0.1, 0.15) is 55.4 Å². The van der Waals surface area contributed by atoms with E-state index in [0.29, 0.717) is 0 Å². The number of Topliss-reactive ketones (excluding diaryl/α,β-unsaturated/α-hetero) is 2. The van der Waals surface area contributed by atoms with Gasteiger partial charge in [0.2, 0.25) is 0 Å². The molecule has 26 heavy (non-hydrogen) atoms. The van der Waals surface area contributed by atoms with Crippen LogP contribution >= 0.6 is 0 Å². The molecule has 0 fully saturated rings. The predicted octanol–water partition coefficient (Wildman–Crippen LogP) is 5.84. The largest absolute Gasteiger partial charge is 0.289 e. The maximum Gasteiger partial charge on any atom is 0.185 e. The Kier molecular flexibility index (Phi) is 5.28. The molecule has 0 amide bonds. The Hall–Kier alpha value is -2.22. The highest BCUT2D eigenvalue weighted by atomic mass is 16.1. The van der Waals surface area contributed by atoms with Gasteiger partial charge in [0.15, 0.2) is 11.6 Å². The van der Waals surface area contributed by atoms with Gasteiger partial charge in [-0.15, -0.1) is 0 Å². The second-order valence-electron chi connectivity index (χ2n) is 9.26. The van der Waals surface area contributed by atoms with Crippen molar-refractivity contribution in [3.05, 3.63) is 69.9 Å². The summed E-state index contributed by atoms with van der Waals surface area (Å²) in [6, 6.07) is 0. The summed E-state index contributed by atoms with van der Waals surface area (Å²) >= 11 is 0. The lowest BCUT2D eigenvalue weighted by atomic mass is 9.78. The van der Waals surface area contributed by atoms with Gasteiger partial charge in [-0.1, -0.05) is 53.7 Å². The number of ketones is 2. The molecular formula is C24H30O2. The normalized spacial score (nSPS) is 22.3. The Morgan fingerprint density at radius 3 is 1.19 bits per heavy atom. The van der Waals surface area contributed by atoms with E-state index < -0.39 is 0 Å². The summed E-state index contributed by atoms with van der Waals surface area (Å²) in [6.07, 6.45) is 11.8. The Balaban J connectivity index is 2.47. The Labute approximate surface area is 157 Å². The van der Waals surface area contributed by atoms with Crippen molar-refractivity contribution in [1.82, 2.24) is 0 Å². The second kappa shape index (κ2) is 6.83. The van der Waals surface area contributed by atoms with Gasteiger partial charge >= 0.3 is 0 Å².